The molecule has 106 valence electrons. The minimum absolute atomic E-state index is 0.634. The van der Waals surface area contributed by atoms with Crippen LogP contribution in [0.4, 0.5) is 5.69 Å². The van der Waals surface area contributed by atoms with Crippen LogP contribution in [-0.2, 0) is 6.54 Å². The molecule has 0 bridgehead atoms. The van der Waals surface area contributed by atoms with Crippen molar-refractivity contribution in [3.05, 3.63) is 70.5 Å². The van der Waals surface area contributed by atoms with Crippen LogP contribution in [0, 0.1) is 6.92 Å². The largest absolute Gasteiger partial charge is 0.378 e. The monoisotopic (exact) mass is 342 g/mol. The van der Waals surface area contributed by atoms with Gasteiger partial charge < -0.3 is 5.32 Å². The number of nitrogens with zero attached hydrogens (tertiary/aromatic N) is 3. The van der Waals surface area contributed by atoms with Crippen LogP contribution in [0.1, 0.15) is 11.3 Å². The van der Waals surface area contributed by atoms with Crippen LogP contribution in [-0.4, -0.2) is 15.0 Å². The van der Waals surface area contributed by atoms with Gasteiger partial charge in [0.15, 0.2) is 0 Å². The van der Waals surface area contributed by atoms with E-state index in [1.54, 1.807) is 11.0 Å². The Morgan fingerprint density at radius 3 is 2.71 bits per heavy atom. The molecule has 0 unspecified atom stereocenters. The molecular formula is C16H15BrN4. The fraction of sp³-hybridized carbons (Fsp3) is 0.125. The first-order valence-electron chi connectivity index (χ1n) is 6.69. The molecule has 0 amide bonds. The van der Waals surface area contributed by atoms with Crippen molar-refractivity contribution in [3.63, 3.8) is 0 Å². The molecule has 0 atom stereocenters. The van der Waals surface area contributed by atoms with Crippen LogP contribution in [0.2, 0.25) is 0 Å². The third kappa shape index (κ3) is 3.13. The molecule has 4 nitrogen and oxygen atoms in total. The van der Waals surface area contributed by atoms with Gasteiger partial charge in [-0.25, -0.2) is 0 Å². The van der Waals surface area contributed by atoms with E-state index in [1.807, 2.05) is 42.5 Å². The summed E-state index contributed by atoms with van der Waals surface area (Å²) in [7, 11) is 0. The summed E-state index contributed by atoms with van der Waals surface area (Å²) < 4.78 is 1.08. The van der Waals surface area contributed by atoms with Gasteiger partial charge in [-0.05, 0) is 46.6 Å². The van der Waals surface area contributed by atoms with Gasteiger partial charge in [0.2, 0.25) is 0 Å². The van der Waals surface area contributed by atoms with E-state index in [-0.39, 0.29) is 0 Å². The summed E-state index contributed by atoms with van der Waals surface area (Å²) in [5, 5.41) is 12.1. The quantitative estimate of drug-likeness (QED) is 0.780. The average molecular weight is 343 g/mol. The SMILES string of the molecule is Cc1cccc(NCc2cnn(-c3ccccc3)n2)c1Br. The van der Waals surface area contributed by atoms with E-state index in [9.17, 15) is 0 Å². The minimum Gasteiger partial charge on any atom is -0.378 e. The Labute approximate surface area is 131 Å². The maximum absolute atomic E-state index is 4.48. The summed E-state index contributed by atoms with van der Waals surface area (Å²) in [5.74, 6) is 0. The lowest BCUT2D eigenvalue weighted by Crippen LogP contribution is -2.03. The third-order valence-electron chi connectivity index (χ3n) is 3.18. The molecule has 0 saturated carbocycles. The Bertz CT molecular complexity index is 737. The van der Waals surface area contributed by atoms with Crippen LogP contribution in [0.25, 0.3) is 5.69 Å². The van der Waals surface area contributed by atoms with Crippen molar-refractivity contribution < 1.29 is 0 Å². The maximum atomic E-state index is 4.48. The summed E-state index contributed by atoms with van der Waals surface area (Å²) in [4.78, 5) is 1.64. The first kappa shape index (κ1) is 13.8. The van der Waals surface area contributed by atoms with Crippen molar-refractivity contribution in [2.75, 3.05) is 5.32 Å². The third-order valence-corrected chi connectivity index (χ3v) is 4.23. The van der Waals surface area contributed by atoms with Crippen LogP contribution in [0.3, 0.4) is 0 Å². The van der Waals surface area contributed by atoms with Gasteiger partial charge in [-0.1, -0.05) is 30.3 Å². The standard InChI is InChI=1S/C16H15BrN4/c1-12-6-5-9-15(16(12)17)18-10-13-11-19-21(20-13)14-7-3-2-4-8-14/h2-9,11,18H,10H2,1H3. The highest BCUT2D eigenvalue weighted by Crippen LogP contribution is 2.25. The zero-order valence-corrected chi connectivity index (χ0v) is 13.2. The molecule has 3 aromatic rings. The predicted octanol–water partition coefficient (Wildman–Crippen LogP) is 3.95. The lowest BCUT2D eigenvalue weighted by molar-refractivity contribution is 0.740. The van der Waals surface area contributed by atoms with Crippen LogP contribution >= 0.6 is 15.9 Å². The Morgan fingerprint density at radius 2 is 1.90 bits per heavy atom. The lowest BCUT2D eigenvalue weighted by atomic mass is 10.2. The van der Waals surface area contributed by atoms with Gasteiger partial charge in [-0.15, -0.1) is 0 Å². The van der Waals surface area contributed by atoms with Crippen molar-refractivity contribution >= 4 is 21.6 Å². The van der Waals surface area contributed by atoms with E-state index in [1.165, 1.54) is 5.56 Å². The minimum atomic E-state index is 0.634. The van der Waals surface area contributed by atoms with Gasteiger partial charge in [0, 0.05) is 10.2 Å². The van der Waals surface area contributed by atoms with Crippen LogP contribution in [0.15, 0.2) is 59.2 Å². The number of halogens is 1. The number of para-hydroxylation sites is 1. The molecule has 2 aromatic carbocycles. The molecule has 0 saturated heterocycles. The molecule has 0 aliphatic carbocycles. The van der Waals surface area contributed by atoms with Gasteiger partial charge in [0.05, 0.1) is 18.4 Å². The van der Waals surface area contributed by atoms with E-state index in [0.717, 1.165) is 21.5 Å². The molecule has 1 aromatic heterocycles. The van der Waals surface area contributed by atoms with Crippen molar-refractivity contribution in [2.45, 2.75) is 13.5 Å². The number of anilines is 1. The van der Waals surface area contributed by atoms with Crippen LogP contribution < -0.4 is 5.32 Å². The Hall–Kier alpha value is -2.14. The number of nitrogens with one attached hydrogen (secondary N) is 1. The molecule has 0 aliphatic heterocycles. The normalized spacial score (nSPS) is 10.6. The molecule has 1 heterocycles. The maximum Gasteiger partial charge on any atom is 0.102 e. The molecule has 0 fully saturated rings. The summed E-state index contributed by atoms with van der Waals surface area (Å²) in [5.41, 5.74) is 4.12. The van der Waals surface area contributed by atoms with Gasteiger partial charge >= 0.3 is 0 Å². The number of hydrogen-bond donors (Lipinski definition) is 1. The van der Waals surface area contributed by atoms with Gasteiger partial charge in [0.1, 0.15) is 5.69 Å². The summed E-state index contributed by atoms with van der Waals surface area (Å²) in [6, 6.07) is 16.0. The molecule has 0 radical (unpaired) electrons. The molecular weight excluding hydrogens is 328 g/mol. The smallest absolute Gasteiger partial charge is 0.102 e. The second-order valence-electron chi connectivity index (χ2n) is 4.75. The van der Waals surface area contributed by atoms with Crippen LogP contribution in [0.5, 0.6) is 0 Å². The Balaban J connectivity index is 1.72. The van der Waals surface area contributed by atoms with Gasteiger partial charge in [-0.3, -0.25) is 0 Å². The highest BCUT2D eigenvalue weighted by molar-refractivity contribution is 9.10. The molecule has 1 N–H and O–H groups in total. The topological polar surface area (TPSA) is 42.7 Å². The number of rotatable bonds is 4. The Kier molecular flexibility index (Phi) is 4.01. The Morgan fingerprint density at radius 1 is 1.10 bits per heavy atom. The fourth-order valence-electron chi connectivity index (χ4n) is 2.03. The predicted molar refractivity (Wildman–Crippen MR) is 87.6 cm³/mol. The highest BCUT2D eigenvalue weighted by Gasteiger charge is 2.05. The molecule has 5 heteroatoms. The number of hydrogen-bond acceptors (Lipinski definition) is 3. The fourth-order valence-corrected chi connectivity index (χ4v) is 2.44. The summed E-state index contributed by atoms with van der Waals surface area (Å²) in [6.45, 7) is 2.70. The van der Waals surface area contributed by atoms with E-state index in [0.29, 0.717) is 6.54 Å². The average Bonchev–Trinajstić information content (AvgIpc) is 2.99. The second kappa shape index (κ2) is 6.10. The van der Waals surface area contributed by atoms with Crippen molar-refractivity contribution in [2.24, 2.45) is 0 Å². The van der Waals surface area contributed by atoms with Crippen molar-refractivity contribution in [1.82, 2.24) is 15.0 Å². The number of aryl methyl sites for hydroxylation is 1. The molecule has 21 heavy (non-hydrogen) atoms. The summed E-state index contributed by atoms with van der Waals surface area (Å²) in [6.07, 6.45) is 1.78. The molecule has 0 aliphatic rings. The lowest BCUT2D eigenvalue weighted by Gasteiger charge is -2.08. The zero-order valence-electron chi connectivity index (χ0n) is 11.6. The number of aromatic nitrogens is 3. The van der Waals surface area contributed by atoms with Gasteiger partial charge in [0.25, 0.3) is 0 Å². The first-order valence-corrected chi connectivity index (χ1v) is 7.49. The summed E-state index contributed by atoms with van der Waals surface area (Å²) >= 11 is 3.59. The van der Waals surface area contributed by atoms with Gasteiger partial charge in [-0.2, -0.15) is 15.0 Å². The first-order chi connectivity index (χ1) is 10.2. The second-order valence-corrected chi connectivity index (χ2v) is 5.54. The highest BCUT2D eigenvalue weighted by atomic mass is 79.9. The zero-order chi connectivity index (χ0) is 14.7. The molecule has 0 spiro atoms. The van der Waals surface area contributed by atoms with E-state index in [2.05, 4.69) is 44.4 Å². The van der Waals surface area contributed by atoms with E-state index >= 15 is 0 Å². The van der Waals surface area contributed by atoms with E-state index in [4.69, 9.17) is 0 Å². The van der Waals surface area contributed by atoms with Crippen molar-refractivity contribution in [3.8, 4) is 5.69 Å². The van der Waals surface area contributed by atoms with E-state index < -0.39 is 0 Å². The molecule has 3 rings (SSSR count). The van der Waals surface area contributed by atoms with Crippen molar-refractivity contribution in [1.29, 1.82) is 0 Å². The number of benzene rings is 2.